The number of H-pyrrole nitrogens is 1. The fraction of sp³-hybridized carbons (Fsp3) is 0.312. The largest absolute Gasteiger partial charge is 0.341 e. The minimum absolute atomic E-state index is 0.183. The third kappa shape index (κ3) is 2.58. The van der Waals surface area contributed by atoms with Gasteiger partial charge in [-0.1, -0.05) is 12.1 Å². The molecule has 22 heavy (non-hydrogen) atoms. The number of nitrogens with zero attached hydrogens (tertiary/aromatic N) is 4. The molecule has 3 aromatic rings. The van der Waals surface area contributed by atoms with Crippen molar-refractivity contribution < 1.29 is 0 Å². The molecule has 6 heteroatoms. The summed E-state index contributed by atoms with van der Waals surface area (Å²) in [6, 6.07) is 10.2. The lowest BCUT2D eigenvalue weighted by atomic mass is 10.1. The van der Waals surface area contributed by atoms with Crippen molar-refractivity contribution in [2.75, 3.05) is 19.6 Å². The van der Waals surface area contributed by atoms with Gasteiger partial charge in [0.05, 0.1) is 23.6 Å². The normalized spacial score (nSPS) is 19.5. The van der Waals surface area contributed by atoms with E-state index in [1.807, 2.05) is 24.3 Å². The second kappa shape index (κ2) is 5.82. The molecule has 0 amide bonds. The third-order valence-electron chi connectivity index (χ3n) is 4.03. The number of rotatable bonds is 3. The summed E-state index contributed by atoms with van der Waals surface area (Å²) in [5.41, 5.74) is 2.10. The summed E-state index contributed by atoms with van der Waals surface area (Å²) >= 11 is 0. The number of aromatic amines is 1. The molecule has 3 heterocycles. The maximum absolute atomic E-state index is 4.68. The van der Waals surface area contributed by atoms with Gasteiger partial charge in [-0.15, -0.1) is 0 Å². The average Bonchev–Trinajstić information content (AvgIpc) is 2.98. The summed E-state index contributed by atoms with van der Waals surface area (Å²) in [5, 5.41) is 3.42. The van der Waals surface area contributed by atoms with Gasteiger partial charge in [0.25, 0.3) is 0 Å². The van der Waals surface area contributed by atoms with Gasteiger partial charge in [0.15, 0.2) is 0 Å². The van der Waals surface area contributed by atoms with E-state index >= 15 is 0 Å². The lowest BCUT2D eigenvalue weighted by Crippen LogP contribution is -2.46. The van der Waals surface area contributed by atoms with Crippen LogP contribution in [0.4, 0.5) is 0 Å². The summed E-state index contributed by atoms with van der Waals surface area (Å²) in [5.74, 6) is 1.86. The minimum atomic E-state index is 0.183. The van der Waals surface area contributed by atoms with Crippen molar-refractivity contribution in [3.05, 3.63) is 54.4 Å². The van der Waals surface area contributed by atoms with Crippen LogP contribution in [0.1, 0.15) is 17.7 Å². The zero-order chi connectivity index (χ0) is 14.8. The van der Waals surface area contributed by atoms with Gasteiger partial charge in [0, 0.05) is 32.0 Å². The van der Waals surface area contributed by atoms with E-state index in [1.165, 1.54) is 0 Å². The first-order chi connectivity index (χ1) is 10.9. The first kappa shape index (κ1) is 13.4. The summed E-state index contributed by atoms with van der Waals surface area (Å²) in [6.45, 7) is 3.58. The van der Waals surface area contributed by atoms with E-state index in [-0.39, 0.29) is 6.04 Å². The molecule has 1 fully saturated rings. The number of piperazine rings is 1. The Kier molecular flexibility index (Phi) is 3.54. The van der Waals surface area contributed by atoms with Crippen LogP contribution >= 0.6 is 0 Å². The first-order valence-corrected chi connectivity index (χ1v) is 7.55. The Bertz CT molecular complexity index is 720. The van der Waals surface area contributed by atoms with Crippen molar-refractivity contribution in [3.8, 4) is 0 Å². The van der Waals surface area contributed by atoms with Crippen molar-refractivity contribution in [2.45, 2.75) is 12.6 Å². The molecule has 1 aliphatic rings. The van der Waals surface area contributed by atoms with Crippen molar-refractivity contribution >= 4 is 11.0 Å². The van der Waals surface area contributed by atoms with Crippen molar-refractivity contribution in [3.63, 3.8) is 0 Å². The van der Waals surface area contributed by atoms with Crippen LogP contribution in [0.15, 0.2) is 42.7 Å². The van der Waals surface area contributed by atoms with Crippen molar-refractivity contribution in [1.29, 1.82) is 0 Å². The Hall–Kier alpha value is -2.31. The van der Waals surface area contributed by atoms with Gasteiger partial charge >= 0.3 is 0 Å². The number of para-hydroxylation sites is 2. The molecule has 1 aromatic carbocycles. The molecule has 4 rings (SSSR count). The Morgan fingerprint density at radius 2 is 2.00 bits per heavy atom. The number of imidazole rings is 1. The Morgan fingerprint density at radius 1 is 1.14 bits per heavy atom. The van der Waals surface area contributed by atoms with Gasteiger partial charge in [-0.05, 0) is 18.2 Å². The van der Waals surface area contributed by atoms with Gasteiger partial charge in [-0.25, -0.2) is 15.0 Å². The summed E-state index contributed by atoms with van der Waals surface area (Å²) in [6.07, 6.45) is 3.60. The number of nitrogens with one attached hydrogen (secondary N) is 2. The molecule has 1 atom stereocenters. The molecule has 0 bridgehead atoms. The van der Waals surface area contributed by atoms with E-state index in [2.05, 4.69) is 36.2 Å². The molecule has 0 aliphatic carbocycles. The monoisotopic (exact) mass is 294 g/mol. The van der Waals surface area contributed by atoms with Gasteiger partial charge < -0.3 is 10.3 Å². The fourth-order valence-corrected chi connectivity index (χ4v) is 2.95. The van der Waals surface area contributed by atoms with Crippen LogP contribution in [0, 0.1) is 0 Å². The molecule has 1 unspecified atom stereocenters. The fourth-order valence-electron chi connectivity index (χ4n) is 2.95. The highest BCUT2D eigenvalue weighted by Gasteiger charge is 2.26. The number of fused-ring (bicyclic) bond motifs is 1. The van der Waals surface area contributed by atoms with Crippen LogP contribution in [0.25, 0.3) is 11.0 Å². The van der Waals surface area contributed by atoms with Gasteiger partial charge in [0.1, 0.15) is 11.6 Å². The summed E-state index contributed by atoms with van der Waals surface area (Å²) in [4.78, 5) is 19.3. The molecule has 1 saturated heterocycles. The average molecular weight is 294 g/mol. The van der Waals surface area contributed by atoms with Crippen LogP contribution in [-0.4, -0.2) is 44.5 Å². The number of aromatic nitrogens is 4. The molecular formula is C16H18N6. The van der Waals surface area contributed by atoms with Crippen LogP contribution in [0.2, 0.25) is 0 Å². The SMILES string of the molecule is c1cnc(C2CNCCN2Cc2nc3ccccc3[nH]2)nc1. The van der Waals surface area contributed by atoms with Crippen LogP contribution < -0.4 is 5.32 Å². The van der Waals surface area contributed by atoms with Crippen molar-refractivity contribution in [2.24, 2.45) is 0 Å². The molecule has 6 nitrogen and oxygen atoms in total. The van der Waals surface area contributed by atoms with E-state index in [4.69, 9.17) is 0 Å². The lowest BCUT2D eigenvalue weighted by Gasteiger charge is -2.34. The summed E-state index contributed by atoms with van der Waals surface area (Å²) < 4.78 is 0. The number of hydrogen-bond donors (Lipinski definition) is 2. The highest BCUT2D eigenvalue weighted by Crippen LogP contribution is 2.21. The van der Waals surface area contributed by atoms with E-state index in [0.717, 1.165) is 48.9 Å². The molecular weight excluding hydrogens is 276 g/mol. The van der Waals surface area contributed by atoms with Crippen LogP contribution in [0.3, 0.4) is 0 Å². The van der Waals surface area contributed by atoms with Crippen LogP contribution in [-0.2, 0) is 6.54 Å². The third-order valence-corrected chi connectivity index (χ3v) is 4.03. The predicted octanol–water partition coefficient (Wildman–Crippen LogP) is 1.50. The minimum Gasteiger partial charge on any atom is -0.341 e. The Morgan fingerprint density at radius 3 is 2.86 bits per heavy atom. The van der Waals surface area contributed by atoms with E-state index in [9.17, 15) is 0 Å². The molecule has 0 saturated carbocycles. The number of hydrogen-bond acceptors (Lipinski definition) is 5. The second-order valence-electron chi connectivity index (χ2n) is 5.50. The number of benzene rings is 1. The highest BCUT2D eigenvalue weighted by atomic mass is 15.3. The van der Waals surface area contributed by atoms with Crippen LogP contribution in [0.5, 0.6) is 0 Å². The summed E-state index contributed by atoms with van der Waals surface area (Å²) in [7, 11) is 0. The molecule has 1 aliphatic heterocycles. The molecule has 0 spiro atoms. The van der Waals surface area contributed by atoms with Gasteiger partial charge in [-0.3, -0.25) is 4.90 Å². The zero-order valence-corrected chi connectivity index (χ0v) is 12.2. The quantitative estimate of drug-likeness (QED) is 0.766. The van der Waals surface area contributed by atoms with E-state index in [1.54, 1.807) is 12.4 Å². The second-order valence-corrected chi connectivity index (χ2v) is 5.50. The Labute approximate surface area is 128 Å². The molecule has 2 N–H and O–H groups in total. The topological polar surface area (TPSA) is 69.7 Å². The Balaban J connectivity index is 1.59. The molecule has 2 aromatic heterocycles. The lowest BCUT2D eigenvalue weighted by molar-refractivity contribution is 0.144. The van der Waals surface area contributed by atoms with Gasteiger partial charge in [0.2, 0.25) is 0 Å². The molecule has 112 valence electrons. The van der Waals surface area contributed by atoms with Gasteiger partial charge in [-0.2, -0.15) is 0 Å². The standard InChI is InChI=1S/C16H18N6/c1-2-5-13-12(4-1)20-15(21-13)11-22-9-8-17-10-14(22)16-18-6-3-7-19-16/h1-7,14,17H,8-11H2,(H,20,21). The maximum Gasteiger partial charge on any atom is 0.146 e. The van der Waals surface area contributed by atoms with E-state index in [0.29, 0.717) is 0 Å². The zero-order valence-electron chi connectivity index (χ0n) is 12.2. The smallest absolute Gasteiger partial charge is 0.146 e. The van der Waals surface area contributed by atoms with Crippen molar-refractivity contribution in [1.82, 2.24) is 30.2 Å². The maximum atomic E-state index is 4.68. The predicted molar refractivity (Wildman–Crippen MR) is 84.1 cm³/mol. The molecule has 0 radical (unpaired) electrons. The highest BCUT2D eigenvalue weighted by molar-refractivity contribution is 5.74. The van der Waals surface area contributed by atoms with E-state index < -0.39 is 0 Å². The first-order valence-electron chi connectivity index (χ1n) is 7.55.